The summed E-state index contributed by atoms with van der Waals surface area (Å²) in [5, 5.41) is 5.50. The first kappa shape index (κ1) is 27.4. The van der Waals surface area contributed by atoms with Crippen molar-refractivity contribution in [1.82, 2.24) is 0 Å². The second-order valence-electron chi connectivity index (χ2n) is 10.7. The molecular weight excluding hydrogens is 480 g/mol. The van der Waals surface area contributed by atoms with Gasteiger partial charge in [0.05, 0.1) is 0 Å². The number of hydrogen-bond donors (Lipinski definition) is 0. The smallest absolute Gasteiger partial charge is 0.000729 e. The van der Waals surface area contributed by atoms with Gasteiger partial charge in [-0.25, -0.2) is 0 Å². The topological polar surface area (TPSA) is 0 Å². The van der Waals surface area contributed by atoms with Gasteiger partial charge in [0.25, 0.3) is 0 Å². The second kappa shape index (κ2) is 12.8. The van der Waals surface area contributed by atoms with Crippen molar-refractivity contribution in [3.8, 4) is 22.3 Å². The van der Waals surface area contributed by atoms with E-state index in [9.17, 15) is 0 Å². The normalized spacial score (nSPS) is 11.5. The highest BCUT2D eigenvalue weighted by atomic mass is 14.2. The first-order chi connectivity index (χ1) is 19.7. The van der Waals surface area contributed by atoms with Crippen LogP contribution >= 0.6 is 0 Å². The zero-order chi connectivity index (χ0) is 27.9. The molecule has 2 aliphatic rings. The Morgan fingerprint density at radius 1 is 0.375 bits per heavy atom. The van der Waals surface area contributed by atoms with Crippen LogP contribution in [0.15, 0.2) is 121 Å². The molecule has 0 bridgehead atoms. The van der Waals surface area contributed by atoms with Crippen molar-refractivity contribution in [3.63, 3.8) is 0 Å². The van der Waals surface area contributed by atoms with E-state index in [1.807, 2.05) is 0 Å². The average Bonchev–Trinajstić information content (AvgIpc) is 3.57. The molecule has 0 aliphatic heterocycles. The molecule has 6 aromatic carbocycles. The van der Waals surface area contributed by atoms with Gasteiger partial charge in [0.2, 0.25) is 0 Å². The maximum atomic E-state index is 2.27. The summed E-state index contributed by atoms with van der Waals surface area (Å²) in [6.45, 7) is 8.50. The predicted octanol–water partition coefficient (Wildman–Crippen LogP) is 11.7. The molecule has 8 rings (SSSR count). The third kappa shape index (κ3) is 5.45. The van der Waals surface area contributed by atoms with E-state index in [-0.39, 0.29) is 0 Å². The van der Waals surface area contributed by atoms with E-state index in [1.165, 1.54) is 78.9 Å². The fourth-order valence-corrected chi connectivity index (χ4v) is 5.81. The van der Waals surface area contributed by atoms with Crippen molar-refractivity contribution in [2.45, 2.75) is 53.4 Å². The molecule has 0 unspecified atom stereocenters. The molecule has 0 fully saturated rings. The van der Waals surface area contributed by atoms with Gasteiger partial charge < -0.3 is 0 Å². The quantitative estimate of drug-likeness (QED) is 0.186. The van der Waals surface area contributed by atoms with Gasteiger partial charge in [-0.05, 0) is 78.9 Å². The highest BCUT2D eigenvalue weighted by Crippen LogP contribution is 2.41. The Bertz CT molecular complexity index is 1610. The minimum atomic E-state index is 1.08. The third-order valence-corrected chi connectivity index (χ3v) is 7.43. The molecule has 0 spiro atoms. The second-order valence-corrected chi connectivity index (χ2v) is 10.7. The van der Waals surface area contributed by atoms with E-state index in [0.29, 0.717) is 0 Å². The van der Waals surface area contributed by atoms with E-state index in [0.717, 1.165) is 12.8 Å². The van der Waals surface area contributed by atoms with Crippen molar-refractivity contribution in [2.24, 2.45) is 0 Å². The predicted molar refractivity (Wildman–Crippen MR) is 176 cm³/mol. The van der Waals surface area contributed by atoms with Crippen LogP contribution in [0.5, 0.6) is 0 Å². The molecule has 2 aliphatic carbocycles. The highest BCUT2D eigenvalue weighted by Gasteiger charge is 2.20. The largest absolute Gasteiger partial charge is 0.0656 e. The van der Waals surface area contributed by atoms with Crippen LogP contribution in [0.25, 0.3) is 43.8 Å². The lowest BCUT2D eigenvalue weighted by Crippen LogP contribution is -1.83. The van der Waals surface area contributed by atoms with Crippen LogP contribution in [-0.2, 0) is 12.8 Å². The summed E-state index contributed by atoms with van der Waals surface area (Å²) in [6, 6.07) is 43.8. The molecular formula is C40H40. The molecule has 6 aromatic rings. The Morgan fingerprint density at radius 3 is 1.15 bits per heavy atom. The summed E-state index contributed by atoms with van der Waals surface area (Å²) >= 11 is 0. The summed E-state index contributed by atoms with van der Waals surface area (Å²) in [5.74, 6) is 0. The first-order valence-corrected chi connectivity index (χ1v) is 14.9. The van der Waals surface area contributed by atoms with Crippen LogP contribution < -0.4 is 0 Å². The van der Waals surface area contributed by atoms with E-state index >= 15 is 0 Å². The standard InChI is InChI=1S/2C17H12.2C3H8/c2*1-3-7-14-12(5-1)9-10-16-15-8-4-2-6-13(15)11-17(14)16;2*1-3-2/h2*1-10H,11H2;2*3H2,1-2H3. The first-order valence-electron chi connectivity index (χ1n) is 14.9. The molecule has 0 heterocycles. The number of rotatable bonds is 0. The highest BCUT2D eigenvalue weighted by molar-refractivity contribution is 5.96. The van der Waals surface area contributed by atoms with Gasteiger partial charge >= 0.3 is 0 Å². The van der Waals surface area contributed by atoms with Crippen molar-refractivity contribution in [2.75, 3.05) is 0 Å². The van der Waals surface area contributed by atoms with Gasteiger partial charge in [-0.3, -0.25) is 0 Å². The number of fused-ring (bicyclic) bond motifs is 10. The molecule has 200 valence electrons. The molecule has 0 amide bonds. The lowest BCUT2D eigenvalue weighted by molar-refractivity contribution is 1.09. The van der Waals surface area contributed by atoms with Crippen LogP contribution in [-0.4, -0.2) is 0 Å². The summed E-state index contributed by atoms with van der Waals surface area (Å²) in [7, 11) is 0. The maximum absolute atomic E-state index is 2.27. The summed E-state index contributed by atoms with van der Waals surface area (Å²) in [6.07, 6.45) is 4.65. The summed E-state index contributed by atoms with van der Waals surface area (Å²) in [5.41, 5.74) is 11.5. The monoisotopic (exact) mass is 520 g/mol. The lowest BCUT2D eigenvalue weighted by atomic mass is 9.99. The van der Waals surface area contributed by atoms with E-state index < -0.39 is 0 Å². The summed E-state index contributed by atoms with van der Waals surface area (Å²) in [4.78, 5) is 0. The molecule has 0 N–H and O–H groups in total. The van der Waals surface area contributed by atoms with Crippen molar-refractivity contribution < 1.29 is 0 Å². The third-order valence-electron chi connectivity index (χ3n) is 7.43. The van der Waals surface area contributed by atoms with Crippen molar-refractivity contribution in [3.05, 3.63) is 144 Å². The van der Waals surface area contributed by atoms with E-state index in [1.54, 1.807) is 0 Å². The Balaban J connectivity index is 0.000000135. The number of hydrogen-bond acceptors (Lipinski definition) is 0. The van der Waals surface area contributed by atoms with Gasteiger partial charge in [-0.2, -0.15) is 0 Å². The molecule has 0 saturated carbocycles. The van der Waals surface area contributed by atoms with Gasteiger partial charge in [0, 0.05) is 0 Å². The fourth-order valence-electron chi connectivity index (χ4n) is 5.81. The zero-order valence-electron chi connectivity index (χ0n) is 24.4. The van der Waals surface area contributed by atoms with Gasteiger partial charge in [-0.1, -0.05) is 162 Å². The zero-order valence-corrected chi connectivity index (χ0v) is 24.4. The molecule has 40 heavy (non-hydrogen) atoms. The maximum Gasteiger partial charge on any atom is -0.000729 e. The van der Waals surface area contributed by atoms with E-state index in [4.69, 9.17) is 0 Å². The van der Waals surface area contributed by atoms with Gasteiger partial charge in [-0.15, -0.1) is 0 Å². The van der Waals surface area contributed by atoms with Crippen LogP contribution in [0.3, 0.4) is 0 Å². The van der Waals surface area contributed by atoms with Gasteiger partial charge in [0.1, 0.15) is 0 Å². The minimum absolute atomic E-state index is 1.08. The summed E-state index contributed by atoms with van der Waals surface area (Å²) < 4.78 is 0. The molecule has 0 atom stereocenters. The minimum Gasteiger partial charge on any atom is -0.0656 e. The van der Waals surface area contributed by atoms with Crippen LogP contribution in [0.1, 0.15) is 62.8 Å². The molecule has 0 saturated heterocycles. The van der Waals surface area contributed by atoms with Crippen LogP contribution in [0.2, 0.25) is 0 Å². The van der Waals surface area contributed by atoms with Crippen LogP contribution in [0.4, 0.5) is 0 Å². The molecule has 0 aromatic heterocycles. The van der Waals surface area contributed by atoms with Crippen LogP contribution in [0, 0.1) is 0 Å². The Kier molecular flexibility index (Phi) is 8.77. The number of benzene rings is 6. The van der Waals surface area contributed by atoms with Crippen molar-refractivity contribution >= 4 is 21.5 Å². The Morgan fingerprint density at radius 2 is 0.725 bits per heavy atom. The van der Waals surface area contributed by atoms with E-state index in [2.05, 4.69) is 149 Å². The van der Waals surface area contributed by atoms with Gasteiger partial charge in [0.15, 0.2) is 0 Å². The fraction of sp³-hybridized carbons (Fsp3) is 0.200. The Labute approximate surface area is 240 Å². The molecule has 0 radical (unpaired) electrons. The average molecular weight is 521 g/mol. The molecule has 0 heteroatoms. The van der Waals surface area contributed by atoms with Crippen molar-refractivity contribution in [1.29, 1.82) is 0 Å². The lowest BCUT2D eigenvalue weighted by Gasteiger charge is -2.05. The Hall–Kier alpha value is -4.16. The molecule has 0 nitrogen and oxygen atoms in total. The SMILES string of the molecule is CCC.CCC.c1ccc2c(c1)Cc1c-2ccc2ccccc12.c1ccc2c(c1)Cc1c-2ccc2ccccc12.